The highest BCUT2D eigenvalue weighted by Crippen LogP contribution is 2.26. The van der Waals surface area contributed by atoms with Gasteiger partial charge in [0.25, 0.3) is 5.69 Å². The summed E-state index contributed by atoms with van der Waals surface area (Å²) in [7, 11) is 0. The van der Waals surface area contributed by atoms with E-state index in [1.165, 1.54) is 24.4 Å². The first-order chi connectivity index (χ1) is 9.08. The summed E-state index contributed by atoms with van der Waals surface area (Å²) in [5.41, 5.74) is 0.879. The first-order valence-electron chi connectivity index (χ1n) is 5.34. The molecule has 0 saturated heterocycles. The van der Waals surface area contributed by atoms with Gasteiger partial charge in [0, 0.05) is 28.4 Å². The molecule has 0 aliphatic rings. The van der Waals surface area contributed by atoms with Crippen LogP contribution in [0, 0.1) is 10.1 Å². The highest BCUT2D eigenvalue weighted by Gasteiger charge is 2.08. The van der Waals surface area contributed by atoms with Crippen LogP contribution in [0.3, 0.4) is 0 Å². The third-order valence-electron chi connectivity index (χ3n) is 2.42. The van der Waals surface area contributed by atoms with Gasteiger partial charge in [0.2, 0.25) is 0 Å². The number of benzene rings is 2. The fourth-order valence-corrected chi connectivity index (χ4v) is 1.84. The van der Waals surface area contributed by atoms with Gasteiger partial charge in [-0.1, -0.05) is 12.1 Å². The SMILES string of the molecule is O=[N+]([O-])c1ccc(O)c(C=Nc2ccccc2Br)c1. The number of nitro benzene ring substituents is 1. The van der Waals surface area contributed by atoms with E-state index >= 15 is 0 Å². The maximum atomic E-state index is 10.7. The van der Waals surface area contributed by atoms with Crippen molar-refractivity contribution in [2.75, 3.05) is 0 Å². The largest absolute Gasteiger partial charge is 0.507 e. The van der Waals surface area contributed by atoms with Crippen LogP contribution in [0.5, 0.6) is 5.75 Å². The molecule has 5 nitrogen and oxygen atoms in total. The number of non-ortho nitro benzene ring substituents is 1. The molecule has 0 unspecified atom stereocenters. The quantitative estimate of drug-likeness (QED) is 0.530. The van der Waals surface area contributed by atoms with Gasteiger partial charge >= 0.3 is 0 Å². The van der Waals surface area contributed by atoms with Crippen LogP contribution in [0.4, 0.5) is 11.4 Å². The molecule has 0 atom stereocenters. The van der Waals surface area contributed by atoms with Crippen molar-refractivity contribution < 1.29 is 10.0 Å². The molecule has 0 aliphatic carbocycles. The van der Waals surface area contributed by atoms with E-state index in [-0.39, 0.29) is 11.4 Å². The lowest BCUT2D eigenvalue weighted by atomic mass is 10.2. The minimum absolute atomic E-state index is 0.0543. The maximum absolute atomic E-state index is 10.7. The van der Waals surface area contributed by atoms with Gasteiger partial charge in [-0.05, 0) is 34.1 Å². The normalized spacial score (nSPS) is 10.8. The van der Waals surface area contributed by atoms with Crippen molar-refractivity contribution in [3.05, 3.63) is 62.6 Å². The van der Waals surface area contributed by atoms with Crippen molar-refractivity contribution in [1.29, 1.82) is 0 Å². The summed E-state index contributed by atoms with van der Waals surface area (Å²) in [6.07, 6.45) is 1.39. The Morgan fingerprint density at radius 3 is 2.68 bits per heavy atom. The van der Waals surface area contributed by atoms with Crippen molar-refractivity contribution in [2.24, 2.45) is 4.99 Å². The van der Waals surface area contributed by atoms with E-state index in [1.807, 2.05) is 18.2 Å². The van der Waals surface area contributed by atoms with Crippen LogP contribution < -0.4 is 0 Å². The molecule has 0 bridgehead atoms. The minimum atomic E-state index is -0.519. The fourth-order valence-electron chi connectivity index (χ4n) is 1.45. The van der Waals surface area contributed by atoms with Gasteiger partial charge in [-0.2, -0.15) is 0 Å². The predicted molar refractivity (Wildman–Crippen MR) is 76.2 cm³/mol. The minimum Gasteiger partial charge on any atom is -0.507 e. The van der Waals surface area contributed by atoms with Gasteiger partial charge < -0.3 is 5.11 Å². The molecular weight excluding hydrogens is 312 g/mol. The molecule has 1 N–H and O–H groups in total. The van der Waals surface area contributed by atoms with Gasteiger partial charge in [0.1, 0.15) is 5.75 Å². The Labute approximate surface area is 117 Å². The monoisotopic (exact) mass is 320 g/mol. The van der Waals surface area contributed by atoms with E-state index in [9.17, 15) is 15.2 Å². The first-order valence-corrected chi connectivity index (χ1v) is 6.13. The molecule has 0 aromatic heterocycles. The smallest absolute Gasteiger partial charge is 0.270 e. The van der Waals surface area contributed by atoms with Gasteiger partial charge in [-0.25, -0.2) is 0 Å². The molecule has 2 rings (SSSR count). The first kappa shape index (κ1) is 13.2. The van der Waals surface area contributed by atoms with Crippen LogP contribution >= 0.6 is 15.9 Å². The van der Waals surface area contributed by atoms with Crippen LogP contribution in [-0.4, -0.2) is 16.2 Å². The van der Waals surface area contributed by atoms with E-state index in [4.69, 9.17) is 0 Å². The van der Waals surface area contributed by atoms with Crippen LogP contribution in [0.15, 0.2) is 51.9 Å². The Morgan fingerprint density at radius 1 is 1.26 bits per heavy atom. The van der Waals surface area contributed by atoms with E-state index in [1.54, 1.807) is 6.07 Å². The molecule has 2 aromatic carbocycles. The molecule has 0 saturated carbocycles. The molecule has 96 valence electrons. The van der Waals surface area contributed by atoms with Gasteiger partial charge in [-0.3, -0.25) is 15.1 Å². The van der Waals surface area contributed by atoms with Gasteiger partial charge in [-0.15, -0.1) is 0 Å². The highest BCUT2D eigenvalue weighted by atomic mass is 79.9. The number of halogens is 1. The van der Waals surface area contributed by atoms with Crippen LogP contribution in [0.1, 0.15) is 5.56 Å². The summed E-state index contributed by atoms with van der Waals surface area (Å²) < 4.78 is 0.802. The molecule has 0 amide bonds. The van der Waals surface area contributed by atoms with E-state index in [0.29, 0.717) is 11.3 Å². The summed E-state index contributed by atoms with van der Waals surface area (Å²) in [4.78, 5) is 14.3. The molecule has 0 aliphatic heterocycles. The second-order valence-corrected chi connectivity index (χ2v) is 4.56. The lowest BCUT2D eigenvalue weighted by Crippen LogP contribution is -1.90. The summed E-state index contributed by atoms with van der Waals surface area (Å²) in [5.74, 6) is -0.0543. The Balaban J connectivity index is 2.35. The average Bonchev–Trinajstić information content (AvgIpc) is 2.39. The van der Waals surface area contributed by atoms with Crippen LogP contribution in [0.25, 0.3) is 0 Å². The number of para-hydroxylation sites is 1. The van der Waals surface area contributed by atoms with E-state index in [0.717, 1.165) is 4.47 Å². The molecule has 2 aromatic rings. The molecule has 0 fully saturated rings. The van der Waals surface area contributed by atoms with Gasteiger partial charge in [0.05, 0.1) is 10.6 Å². The van der Waals surface area contributed by atoms with Crippen LogP contribution in [0.2, 0.25) is 0 Å². The predicted octanol–water partition coefficient (Wildman–Crippen LogP) is 3.81. The molecule has 0 heterocycles. The molecule has 19 heavy (non-hydrogen) atoms. The van der Waals surface area contributed by atoms with Crippen molar-refractivity contribution in [3.8, 4) is 5.75 Å². The summed E-state index contributed by atoms with van der Waals surface area (Å²) in [6, 6.07) is 11.1. The third-order valence-corrected chi connectivity index (χ3v) is 3.09. The Hall–Kier alpha value is -2.21. The summed E-state index contributed by atoms with van der Waals surface area (Å²) in [5, 5.41) is 20.3. The lowest BCUT2D eigenvalue weighted by molar-refractivity contribution is -0.384. The number of hydrogen-bond acceptors (Lipinski definition) is 4. The number of rotatable bonds is 3. The number of phenolic OH excluding ortho intramolecular Hbond substituents is 1. The molecular formula is C13H9BrN2O3. The molecule has 0 spiro atoms. The number of aliphatic imine (C=N–C) groups is 1. The third kappa shape index (κ3) is 3.17. The van der Waals surface area contributed by atoms with Crippen LogP contribution in [-0.2, 0) is 0 Å². The highest BCUT2D eigenvalue weighted by molar-refractivity contribution is 9.10. The number of nitrogens with zero attached hydrogens (tertiary/aromatic N) is 2. The number of hydrogen-bond donors (Lipinski definition) is 1. The van der Waals surface area contributed by atoms with Crippen molar-refractivity contribution in [3.63, 3.8) is 0 Å². The van der Waals surface area contributed by atoms with Gasteiger partial charge in [0.15, 0.2) is 0 Å². The number of nitro groups is 1. The summed E-state index contributed by atoms with van der Waals surface area (Å²) >= 11 is 3.34. The second kappa shape index (κ2) is 5.62. The standard InChI is InChI=1S/C13H9BrN2O3/c14-11-3-1-2-4-12(11)15-8-9-7-10(16(18)19)5-6-13(9)17/h1-8,17H. The molecule has 6 heteroatoms. The van der Waals surface area contributed by atoms with E-state index in [2.05, 4.69) is 20.9 Å². The van der Waals surface area contributed by atoms with Crippen molar-refractivity contribution in [2.45, 2.75) is 0 Å². The zero-order valence-corrected chi connectivity index (χ0v) is 11.2. The Bertz CT molecular complexity index is 656. The maximum Gasteiger partial charge on any atom is 0.270 e. The zero-order valence-electron chi connectivity index (χ0n) is 9.65. The van der Waals surface area contributed by atoms with Crippen molar-refractivity contribution in [1.82, 2.24) is 0 Å². The fraction of sp³-hybridized carbons (Fsp3) is 0. The average molecular weight is 321 g/mol. The Kier molecular flexibility index (Phi) is 3.91. The number of phenols is 1. The van der Waals surface area contributed by atoms with E-state index < -0.39 is 4.92 Å². The lowest BCUT2D eigenvalue weighted by Gasteiger charge is -2.00. The summed E-state index contributed by atoms with van der Waals surface area (Å²) in [6.45, 7) is 0. The number of aromatic hydroxyl groups is 1. The zero-order chi connectivity index (χ0) is 13.8. The van der Waals surface area contributed by atoms with Crippen molar-refractivity contribution >= 4 is 33.5 Å². The second-order valence-electron chi connectivity index (χ2n) is 3.71. The molecule has 0 radical (unpaired) electrons. The Morgan fingerprint density at radius 2 is 2.00 bits per heavy atom. The topological polar surface area (TPSA) is 75.7 Å².